The van der Waals surface area contributed by atoms with E-state index in [0.717, 1.165) is 38.6 Å². The fourth-order valence-corrected chi connectivity index (χ4v) is 2.52. The number of rotatable bonds is 4. The Balaban J connectivity index is 1.89. The third-order valence-electron chi connectivity index (χ3n) is 3.92. The molecule has 0 aliphatic carbocycles. The predicted molar refractivity (Wildman–Crippen MR) is 83.0 cm³/mol. The van der Waals surface area contributed by atoms with Gasteiger partial charge >= 0.3 is 0 Å². The zero-order valence-electron chi connectivity index (χ0n) is 12.9. The van der Waals surface area contributed by atoms with Crippen molar-refractivity contribution in [2.75, 3.05) is 32.7 Å². The van der Waals surface area contributed by atoms with Crippen LogP contribution in [0.15, 0.2) is 24.3 Å². The summed E-state index contributed by atoms with van der Waals surface area (Å²) in [5, 5.41) is 8.91. The molecule has 0 bridgehead atoms. The topological polar surface area (TPSA) is 47.3 Å². The zero-order valence-corrected chi connectivity index (χ0v) is 12.9. The van der Waals surface area contributed by atoms with Crippen molar-refractivity contribution in [1.29, 1.82) is 5.26 Å². The lowest BCUT2D eigenvalue weighted by Gasteiger charge is -2.35. The first-order valence-electron chi connectivity index (χ1n) is 7.62. The number of nitriles is 1. The van der Waals surface area contributed by atoms with Crippen LogP contribution < -0.4 is 0 Å². The minimum Gasteiger partial charge on any atom is -0.336 e. The van der Waals surface area contributed by atoms with Crippen molar-refractivity contribution < 1.29 is 4.79 Å². The second-order valence-corrected chi connectivity index (χ2v) is 6.01. The average Bonchev–Trinajstić information content (AvgIpc) is 2.52. The summed E-state index contributed by atoms with van der Waals surface area (Å²) in [5.74, 6) is 0.758. The molecule has 4 nitrogen and oxygen atoms in total. The van der Waals surface area contributed by atoms with Gasteiger partial charge in [-0.3, -0.25) is 9.69 Å². The molecule has 0 saturated carbocycles. The second kappa shape index (κ2) is 7.24. The molecule has 1 amide bonds. The van der Waals surface area contributed by atoms with E-state index in [1.165, 1.54) is 6.42 Å². The number of carbonyl (C=O) groups excluding carboxylic acids is 1. The third kappa shape index (κ3) is 4.30. The number of benzene rings is 1. The summed E-state index contributed by atoms with van der Waals surface area (Å²) in [5.41, 5.74) is 1.15. The van der Waals surface area contributed by atoms with E-state index in [1.54, 1.807) is 24.3 Å². The second-order valence-electron chi connectivity index (χ2n) is 6.01. The molecule has 1 fully saturated rings. The van der Waals surface area contributed by atoms with Gasteiger partial charge in [-0.15, -0.1) is 0 Å². The van der Waals surface area contributed by atoms with Gasteiger partial charge in [0.25, 0.3) is 5.91 Å². The molecule has 21 heavy (non-hydrogen) atoms. The molecule has 0 spiro atoms. The van der Waals surface area contributed by atoms with Crippen LogP contribution in [0.5, 0.6) is 0 Å². The van der Waals surface area contributed by atoms with Gasteiger partial charge in [-0.05, 0) is 37.1 Å². The molecule has 1 heterocycles. The zero-order chi connectivity index (χ0) is 15.2. The monoisotopic (exact) mass is 285 g/mol. The molecule has 1 aromatic rings. The smallest absolute Gasteiger partial charge is 0.253 e. The quantitative estimate of drug-likeness (QED) is 0.853. The summed E-state index contributed by atoms with van der Waals surface area (Å²) in [6.45, 7) is 9.02. The van der Waals surface area contributed by atoms with Crippen LogP contribution in [0.25, 0.3) is 0 Å². The van der Waals surface area contributed by atoms with Crippen molar-refractivity contribution in [3.05, 3.63) is 35.4 Å². The van der Waals surface area contributed by atoms with Crippen molar-refractivity contribution in [3.63, 3.8) is 0 Å². The fraction of sp³-hybridized carbons (Fsp3) is 0.529. The van der Waals surface area contributed by atoms with E-state index in [0.29, 0.717) is 11.1 Å². The summed E-state index contributed by atoms with van der Waals surface area (Å²) < 4.78 is 0. The summed E-state index contributed by atoms with van der Waals surface area (Å²) in [6, 6.07) is 9.03. The molecule has 1 aliphatic rings. The minimum absolute atomic E-state index is 0.0376. The lowest BCUT2D eigenvalue weighted by molar-refractivity contribution is 0.0632. The summed E-state index contributed by atoms with van der Waals surface area (Å²) >= 11 is 0. The average molecular weight is 285 g/mol. The molecule has 0 atom stereocenters. The molecule has 112 valence electrons. The van der Waals surface area contributed by atoms with Crippen LogP contribution in [0.3, 0.4) is 0 Å². The Morgan fingerprint density at radius 2 is 2.00 bits per heavy atom. The molecule has 1 aromatic carbocycles. The first-order valence-corrected chi connectivity index (χ1v) is 7.62. The highest BCUT2D eigenvalue weighted by atomic mass is 16.2. The standard InChI is InChI=1S/C17H23N3O/c1-14(2)6-7-19-8-10-20(11-9-19)17(21)16-5-3-4-15(12-16)13-18/h3-5,12,14H,6-11H2,1-2H3. The van der Waals surface area contributed by atoms with Gasteiger partial charge in [0.05, 0.1) is 11.6 Å². The summed E-state index contributed by atoms with van der Waals surface area (Å²) in [7, 11) is 0. The Morgan fingerprint density at radius 1 is 1.29 bits per heavy atom. The van der Waals surface area contributed by atoms with Gasteiger partial charge in [-0.2, -0.15) is 5.26 Å². The van der Waals surface area contributed by atoms with Gasteiger partial charge in [0, 0.05) is 31.7 Å². The number of amides is 1. The van der Waals surface area contributed by atoms with Crippen molar-refractivity contribution in [1.82, 2.24) is 9.80 Å². The van der Waals surface area contributed by atoms with Crippen LogP contribution in [0.1, 0.15) is 36.2 Å². The highest BCUT2D eigenvalue weighted by molar-refractivity contribution is 5.94. The fourth-order valence-electron chi connectivity index (χ4n) is 2.52. The van der Waals surface area contributed by atoms with E-state index >= 15 is 0 Å². The van der Waals surface area contributed by atoms with Crippen molar-refractivity contribution >= 4 is 5.91 Å². The van der Waals surface area contributed by atoms with Crippen LogP contribution >= 0.6 is 0 Å². The molecule has 1 saturated heterocycles. The Morgan fingerprint density at radius 3 is 2.62 bits per heavy atom. The van der Waals surface area contributed by atoms with E-state index in [2.05, 4.69) is 24.8 Å². The van der Waals surface area contributed by atoms with Crippen molar-refractivity contribution in [2.45, 2.75) is 20.3 Å². The van der Waals surface area contributed by atoms with Gasteiger partial charge < -0.3 is 4.90 Å². The number of hydrogen-bond donors (Lipinski definition) is 0. The Kier molecular flexibility index (Phi) is 5.35. The van der Waals surface area contributed by atoms with Crippen LogP contribution in [0, 0.1) is 17.2 Å². The van der Waals surface area contributed by atoms with Crippen LogP contribution in [-0.2, 0) is 0 Å². The molecule has 4 heteroatoms. The van der Waals surface area contributed by atoms with Gasteiger partial charge in [0.15, 0.2) is 0 Å². The predicted octanol–water partition coefficient (Wildman–Crippen LogP) is 2.36. The van der Waals surface area contributed by atoms with Gasteiger partial charge in [0.1, 0.15) is 0 Å². The number of carbonyl (C=O) groups is 1. The normalized spacial score (nSPS) is 16.0. The minimum atomic E-state index is 0.0376. The Hall–Kier alpha value is -1.86. The van der Waals surface area contributed by atoms with Gasteiger partial charge in [-0.1, -0.05) is 19.9 Å². The molecule has 2 rings (SSSR count). The molecule has 0 unspecified atom stereocenters. The van der Waals surface area contributed by atoms with Gasteiger partial charge in [-0.25, -0.2) is 0 Å². The number of nitrogens with zero attached hydrogens (tertiary/aromatic N) is 3. The molecule has 0 aromatic heterocycles. The van der Waals surface area contributed by atoms with Crippen molar-refractivity contribution in [3.8, 4) is 6.07 Å². The van der Waals surface area contributed by atoms with Crippen LogP contribution in [0.2, 0.25) is 0 Å². The lowest BCUT2D eigenvalue weighted by atomic mass is 10.1. The maximum atomic E-state index is 12.4. The Bertz CT molecular complexity index is 525. The first kappa shape index (κ1) is 15.5. The van der Waals surface area contributed by atoms with E-state index in [-0.39, 0.29) is 5.91 Å². The van der Waals surface area contributed by atoms with E-state index in [4.69, 9.17) is 5.26 Å². The van der Waals surface area contributed by atoms with E-state index in [9.17, 15) is 4.79 Å². The highest BCUT2D eigenvalue weighted by Crippen LogP contribution is 2.11. The van der Waals surface area contributed by atoms with Crippen molar-refractivity contribution in [2.24, 2.45) is 5.92 Å². The number of hydrogen-bond acceptors (Lipinski definition) is 3. The highest BCUT2D eigenvalue weighted by Gasteiger charge is 2.22. The van der Waals surface area contributed by atoms with Crippen LogP contribution in [-0.4, -0.2) is 48.4 Å². The third-order valence-corrected chi connectivity index (χ3v) is 3.92. The molecule has 0 N–H and O–H groups in total. The molecular formula is C17H23N3O. The van der Waals surface area contributed by atoms with E-state index in [1.807, 2.05) is 4.90 Å². The largest absolute Gasteiger partial charge is 0.336 e. The SMILES string of the molecule is CC(C)CCN1CCN(C(=O)c2cccc(C#N)c2)CC1. The van der Waals surface area contributed by atoms with Crippen LogP contribution in [0.4, 0.5) is 0 Å². The lowest BCUT2D eigenvalue weighted by Crippen LogP contribution is -2.49. The van der Waals surface area contributed by atoms with E-state index < -0.39 is 0 Å². The molecule has 0 radical (unpaired) electrons. The summed E-state index contributed by atoms with van der Waals surface area (Å²) in [4.78, 5) is 16.8. The molecular weight excluding hydrogens is 262 g/mol. The molecule has 1 aliphatic heterocycles. The summed E-state index contributed by atoms with van der Waals surface area (Å²) in [6.07, 6.45) is 1.21. The van der Waals surface area contributed by atoms with Gasteiger partial charge in [0.2, 0.25) is 0 Å². The Labute approximate surface area is 127 Å². The maximum Gasteiger partial charge on any atom is 0.253 e. The number of piperazine rings is 1. The first-order chi connectivity index (χ1) is 10.1. The maximum absolute atomic E-state index is 12.4.